The van der Waals surface area contributed by atoms with E-state index in [-0.39, 0.29) is 17.3 Å². The Morgan fingerprint density at radius 2 is 1.96 bits per heavy atom. The minimum Gasteiger partial charge on any atom is -0.342 e. The summed E-state index contributed by atoms with van der Waals surface area (Å²) in [4.78, 5) is 18.5. The lowest BCUT2D eigenvalue weighted by Gasteiger charge is -2.34. The molecule has 0 aromatic carbocycles. The lowest BCUT2D eigenvalue weighted by molar-refractivity contribution is -0.138. The van der Waals surface area contributed by atoms with E-state index in [1.165, 1.54) is 12.8 Å². The van der Waals surface area contributed by atoms with Gasteiger partial charge in [-0.05, 0) is 50.9 Å². The third-order valence-corrected chi connectivity index (χ3v) is 7.47. The first-order chi connectivity index (χ1) is 13.1. The predicted octanol–water partition coefficient (Wildman–Crippen LogP) is 3.66. The maximum Gasteiger partial charge on any atom is 0.225 e. The molecule has 7 nitrogen and oxygen atoms in total. The summed E-state index contributed by atoms with van der Waals surface area (Å²) in [6.45, 7) is 6.01. The largest absolute Gasteiger partial charge is 0.342 e. The fourth-order valence-corrected chi connectivity index (χ4v) is 5.38. The predicted molar refractivity (Wildman–Crippen MR) is 104 cm³/mol. The Balaban J connectivity index is 1.32. The number of carbonyl (C=O) groups excluding carboxylic acids is 1. The monoisotopic (exact) mass is 391 g/mol. The molecule has 1 amide bonds. The SMILES string of the molecule is CCC1SC=C(C#N)N1n1on1C1CCN(C(=O)C2CCC(C)CC2)CC1. The minimum absolute atomic E-state index is 0.208. The second-order valence-electron chi connectivity index (χ2n) is 8.11. The topological polar surface area (TPSA) is 70.3 Å². The van der Waals surface area contributed by atoms with Crippen molar-refractivity contribution in [3.8, 4) is 6.07 Å². The number of likely N-dealkylation sites (tertiary alicyclic amines) is 1. The van der Waals surface area contributed by atoms with Gasteiger partial charge in [0.25, 0.3) is 0 Å². The highest BCUT2D eigenvalue weighted by Gasteiger charge is 2.38. The number of hydrogen-bond acceptors (Lipinski definition) is 5. The van der Waals surface area contributed by atoms with Gasteiger partial charge in [0.05, 0.1) is 6.04 Å². The highest BCUT2D eigenvalue weighted by Crippen LogP contribution is 2.35. The zero-order valence-electron chi connectivity index (χ0n) is 16.2. The van der Waals surface area contributed by atoms with E-state index in [4.69, 9.17) is 4.63 Å². The highest BCUT2D eigenvalue weighted by molar-refractivity contribution is 8.03. The smallest absolute Gasteiger partial charge is 0.225 e. The summed E-state index contributed by atoms with van der Waals surface area (Å²) in [7, 11) is 0. The van der Waals surface area contributed by atoms with E-state index in [9.17, 15) is 10.1 Å². The molecule has 1 atom stereocenters. The number of nitrogens with zero attached hydrogens (tertiary/aromatic N) is 5. The van der Waals surface area contributed by atoms with Gasteiger partial charge < -0.3 is 4.90 Å². The molecule has 27 heavy (non-hydrogen) atoms. The maximum atomic E-state index is 12.8. The van der Waals surface area contributed by atoms with Crippen molar-refractivity contribution in [2.75, 3.05) is 18.1 Å². The molecule has 0 radical (unpaired) electrons. The van der Waals surface area contributed by atoms with Crippen molar-refractivity contribution in [2.24, 2.45) is 11.8 Å². The van der Waals surface area contributed by atoms with Crippen molar-refractivity contribution in [1.82, 2.24) is 14.7 Å². The molecule has 148 valence electrons. The number of hydrogen-bond donors (Lipinski definition) is 0. The molecule has 1 aromatic heterocycles. The van der Waals surface area contributed by atoms with Crippen LogP contribution in [-0.2, 0) is 4.79 Å². The highest BCUT2D eigenvalue weighted by atomic mass is 32.2. The average Bonchev–Trinajstić information content (AvgIpc) is 3.38. The van der Waals surface area contributed by atoms with Gasteiger partial charge in [-0.2, -0.15) is 5.26 Å². The third-order valence-electron chi connectivity index (χ3n) is 6.26. The first-order valence-corrected chi connectivity index (χ1v) is 11.2. The van der Waals surface area contributed by atoms with Gasteiger partial charge in [-0.3, -0.25) is 4.79 Å². The quantitative estimate of drug-likeness (QED) is 0.783. The Labute approximate surface area is 164 Å². The molecule has 2 aliphatic heterocycles. The molecule has 1 saturated carbocycles. The van der Waals surface area contributed by atoms with Crippen molar-refractivity contribution in [2.45, 2.75) is 70.2 Å². The van der Waals surface area contributed by atoms with E-state index in [0.717, 1.165) is 51.1 Å². The van der Waals surface area contributed by atoms with Crippen LogP contribution in [0, 0.1) is 23.2 Å². The van der Waals surface area contributed by atoms with Crippen molar-refractivity contribution in [3.05, 3.63) is 11.1 Å². The molecule has 1 unspecified atom stereocenters. The Morgan fingerprint density at radius 1 is 1.26 bits per heavy atom. The standard InChI is InChI=1S/C19H29N5O2S/c1-3-18-22(17(12-20)13-27-18)24-23(26-24)16-8-10-21(11-9-16)19(25)15-6-4-14(2)5-7-15/h13-16,18H,3-11H2,1-2H3. The van der Waals surface area contributed by atoms with Crippen LogP contribution >= 0.6 is 11.8 Å². The second-order valence-corrected chi connectivity index (χ2v) is 9.16. The van der Waals surface area contributed by atoms with Crippen molar-refractivity contribution < 1.29 is 9.42 Å². The maximum absolute atomic E-state index is 12.8. The van der Waals surface area contributed by atoms with Gasteiger partial charge in [0.2, 0.25) is 5.91 Å². The Morgan fingerprint density at radius 3 is 2.59 bits per heavy atom. The Kier molecular flexibility index (Phi) is 5.31. The van der Waals surface area contributed by atoms with Gasteiger partial charge in [0.1, 0.15) is 17.1 Å². The molecule has 1 saturated heterocycles. The van der Waals surface area contributed by atoms with Crippen molar-refractivity contribution >= 4 is 17.7 Å². The van der Waals surface area contributed by atoms with Crippen LogP contribution in [0.4, 0.5) is 0 Å². The van der Waals surface area contributed by atoms with E-state index >= 15 is 0 Å². The van der Waals surface area contributed by atoms with Gasteiger partial charge in [-0.1, -0.05) is 18.7 Å². The molecular weight excluding hydrogens is 362 g/mol. The Hall–Kier alpha value is -1.75. The van der Waals surface area contributed by atoms with Crippen LogP contribution in [0.3, 0.4) is 0 Å². The molecule has 4 rings (SSSR count). The van der Waals surface area contributed by atoms with E-state index in [1.807, 2.05) is 15.3 Å². The Bertz CT molecular complexity index is 725. The second kappa shape index (κ2) is 7.70. The van der Waals surface area contributed by atoms with E-state index < -0.39 is 0 Å². The van der Waals surface area contributed by atoms with E-state index in [2.05, 4.69) is 24.8 Å². The summed E-state index contributed by atoms with van der Waals surface area (Å²) in [6, 6.07) is 2.52. The van der Waals surface area contributed by atoms with Crippen LogP contribution in [0.15, 0.2) is 15.7 Å². The number of amides is 1. The number of nitriles is 1. The van der Waals surface area contributed by atoms with Crippen LogP contribution in [0.2, 0.25) is 0 Å². The van der Waals surface area contributed by atoms with Gasteiger partial charge in [0.15, 0.2) is 0 Å². The number of piperidine rings is 1. The van der Waals surface area contributed by atoms with Gasteiger partial charge >= 0.3 is 0 Å². The number of allylic oxidation sites excluding steroid dienone is 1. The lowest BCUT2D eigenvalue weighted by atomic mass is 9.82. The molecular formula is C19H29N5O2S. The molecule has 0 bridgehead atoms. The molecule has 3 aliphatic rings. The summed E-state index contributed by atoms with van der Waals surface area (Å²) in [5.41, 5.74) is 0.633. The first-order valence-electron chi connectivity index (χ1n) is 10.2. The third kappa shape index (κ3) is 3.66. The zero-order valence-corrected chi connectivity index (χ0v) is 17.0. The molecule has 0 N–H and O–H groups in total. The first kappa shape index (κ1) is 18.6. The summed E-state index contributed by atoms with van der Waals surface area (Å²) in [6.07, 6.45) is 7.24. The number of thioether (sulfide) groups is 1. The lowest BCUT2D eigenvalue weighted by Crippen LogP contribution is -2.43. The summed E-state index contributed by atoms with van der Waals surface area (Å²) in [5.74, 6) is 1.37. The number of aromatic nitrogens is 2. The van der Waals surface area contributed by atoms with Gasteiger partial charge in [-0.15, -0.1) is 11.8 Å². The summed E-state index contributed by atoms with van der Waals surface area (Å²) in [5, 5.41) is 13.4. The summed E-state index contributed by atoms with van der Waals surface area (Å²) < 4.78 is 5.71. The van der Waals surface area contributed by atoms with Crippen LogP contribution < -0.4 is 5.01 Å². The molecule has 1 aliphatic carbocycles. The molecule has 8 heteroatoms. The van der Waals surface area contributed by atoms with Crippen LogP contribution in [-0.4, -0.2) is 39.1 Å². The summed E-state index contributed by atoms with van der Waals surface area (Å²) >= 11 is 1.66. The zero-order chi connectivity index (χ0) is 19.0. The fourth-order valence-electron chi connectivity index (χ4n) is 4.43. The normalized spacial score (nSPS) is 29.8. The van der Waals surface area contributed by atoms with Crippen molar-refractivity contribution in [1.29, 1.82) is 5.26 Å². The molecule has 0 spiro atoms. The van der Waals surface area contributed by atoms with Crippen LogP contribution in [0.5, 0.6) is 0 Å². The van der Waals surface area contributed by atoms with Crippen LogP contribution in [0.25, 0.3) is 0 Å². The average molecular weight is 392 g/mol. The van der Waals surface area contributed by atoms with Crippen LogP contribution in [0.1, 0.15) is 64.8 Å². The van der Waals surface area contributed by atoms with Gasteiger partial charge in [0, 0.05) is 29.4 Å². The van der Waals surface area contributed by atoms with E-state index in [1.54, 1.807) is 16.7 Å². The molecule has 2 fully saturated rings. The number of rotatable bonds is 4. The minimum atomic E-state index is 0.208. The van der Waals surface area contributed by atoms with Gasteiger partial charge in [-0.25, -0.2) is 9.64 Å². The molecule has 1 aromatic rings. The number of carbonyl (C=O) groups is 1. The molecule has 3 heterocycles. The fraction of sp³-hybridized carbons (Fsp3) is 0.789. The van der Waals surface area contributed by atoms with E-state index in [0.29, 0.717) is 11.6 Å². The van der Waals surface area contributed by atoms with Crippen molar-refractivity contribution in [3.63, 3.8) is 0 Å².